The van der Waals surface area contributed by atoms with Gasteiger partial charge in [-0.05, 0) is 42.0 Å². The molecule has 0 unspecified atom stereocenters. The molecule has 0 atom stereocenters. The molecule has 0 bridgehead atoms. The van der Waals surface area contributed by atoms with E-state index in [0.717, 1.165) is 17.8 Å². The first-order valence-corrected chi connectivity index (χ1v) is 6.47. The molecule has 1 aromatic heterocycles. The summed E-state index contributed by atoms with van der Waals surface area (Å²) in [5.41, 5.74) is 2.52. The summed E-state index contributed by atoms with van der Waals surface area (Å²) >= 11 is 0. The van der Waals surface area contributed by atoms with Crippen molar-refractivity contribution < 1.29 is 17.9 Å². The second kappa shape index (κ2) is 7.31. The third-order valence-electron chi connectivity index (χ3n) is 2.69. The van der Waals surface area contributed by atoms with E-state index in [0.29, 0.717) is 5.75 Å². The lowest BCUT2D eigenvalue weighted by molar-refractivity contribution is -0.137. The van der Waals surface area contributed by atoms with Crippen molar-refractivity contribution in [3.63, 3.8) is 0 Å². The minimum atomic E-state index is -4.40. The molecule has 0 saturated carbocycles. The van der Waals surface area contributed by atoms with Crippen LogP contribution in [0.15, 0.2) is 47.7 Å². The maximum absolute atomic E-state index is 12.4. The number of nitrogens with zero attached hydrogens (tertiary/aromatic N) is 2. The van der Waals surface area contributed by atoms with E-state index < -0.39 is 11.7 Å². The first-order chi connectivity index (χ1) is 11.0. The Morgan fingerprint density at radius 3 is 2.52 bits per heavy atom. The lowest BCUT2D eigenvalue weighted by atomic mass is 10.2. The maximum Gasteiger partial charge on any atom is 0.417 e. The average Bonchev–Trinajstić information content (AvgIpc) is 2.54. The summed E-state index contributed by atoms with van der Waals surface area (Å²) in [6, 6.07) is 9.12. The van der Waals surface area contributed by atoms with Gasteiger partial charge in [0.15, 0.2) is 0 Å². The number of pyridine rings is 1. The Morgan fingerprint density at radius 2 is 1.96 bits per heavy atom. The van der Waals surface area contributed by atoms with E-state index in [1.807, 2.05) is 0 Å². The van der Waals surface area contributed by atoms with Gasteiger partial charge in [-0.1, -0.05) is 5.92 Å². The fraction of sp³-hybridized carbons (Fsp3) is 0.125. The summed E-state index contributed by atoms with van der Waals surface area (Å²) in [4.78, 5) is 3.64. The third kappa shape index (κ3) is 5.04. The molecule has 7 heteroatoms. The Balaban J connectivity index is 1.92. The highest BCUT2D eigenvalue weighted by Crippen LogP contribution is 2.28. The van der Waals surface area contributed by atoms with Gasteiger partial charge in [0.25, 0.3) is 0 Å². The fourth-order valence-electron chi connectivity index (χ4n) is 1.58. The predicted molar refractivity (Wildman–Crippen MR) is 81.2 cm³/mol. The number of terminal acetylenes is 1. The molecule has 0 aliphatic rings. The van der Waals surface area contributed by atoms with Gasteiger partial charge in [0.1, 0.15) is 18.2 Å². The average molecular weight is 319 g/mol. The van der Waals surface area contributed by atoms with E-state index in [-0.39, 0.29) is 12.4 Å². The normalized spacial score (nSPS) is 11.2. The van der Waals surface area contributed by atoms with E-state index in [2.05, 4.69) is 21.4 Å². The zero-order valence-electron chi connectivity index (χ0n) is 11.8. The smallest absolute Gasteiger partial charge is 0.417 e. The van der Waals surface area contributed by atoms with Crippen molar-refractivity contribution >= 4 is 12.0 Å². The standard InChI is InChI=1S/C16H12F3N3O/c1-2-9-23-14-6-3-12(4-7-14)10-21-22-15-8-5-13(11-20-15)16(17,18)19/h1,3-8,10-11H,9H2,(H,20,22)/b21-10-. The molecule has 4 nitrogen and oxygen atoms in total. The number of hydrogen-bond acceptors (Lipinski definition) is 4. The monoisotopic (exact) mass is 319 g/mol. The van der Waals surface area contributed by atoms with Crippen LogP contribution >= 0.6 is 0 Å². The highest BCUT2D eigenvalue weighted by molar-refractivity contribution is 5.80. The van der Waals surface area contributed by atoms with E-state index in [9.17, 15) is 13.2 Å². The number of rotatable bonds is 5. The molecule has 2 rings (SSSR count). The minimum Gasteiger partial charge on any atom is -0.481 e. The largest absolute Gasteiger partial charge is 0.481 e. The van der Waals surface area contributed by atoms with Crippen LogP contribution in [0.1, 0.15) is 11.1 Å². The Morgan fingerprint density at radius 1 is 1.22 bits per heavy atom. The Labute approximate surface area is 131 Å². The Hall–Kier alpha value is -3.01. The van der Waals surface area contributed by atoms with Crippen molar-refractivity contribution in [2.24, 2.45) is 5.10 Å². The minimum absolute atomic E-state index is 0.189. The van der Waals surface area contributed by atoms with Crippen LogP contribution in [0, 0.1) is 12.3 Å². The molecule has 118 valence electrons. The molecule has 1 aromatic carbocycles. The molecule has 0 aliphatic carbocycles. The molecule has 0 fully saturated rings. The second-order valence-electron chi connectivity index (χ2n) is 4.36. The van der Waals surface area contributed by atoms with E-state index in [1.54, 1.807) is 24.3 Å². The van der Waals surface area contributed by atoms with Crippen molar-refractivity contribution in [1.82, 2.24) is 4.98 Å². The number of anilines is 1. The molecule has 0 aliphatic heterocycles. The summed E-state index contributed by atoms with van der Waals surface area (Å²) in [5.74, 6) is 3.21. The highest BCUT2D eigenvalue weighted by Gasteiger charge is 2.30. The molecular formula is C16H12F3N3O. The number of hydrazone groups is 1. The van der Waals surface area contributed by atoms with Gasteiger partial charge in [0, 0.05) is 6.20 Å². The molecule has 2 aromatic rings. The summed E-state index contributed by atoms with van der Waals surface area (Å²) in [5, 5.41) is 3.90. The van der Waals surface area contributed by atoms with Gasteiger partial charge >= 0.3 is 6.18 Å². The SMILES string of the molecule is C#CCOc1ccc(/C=N\Nc2ccc(C(F)(F)F)cn2)cc1. The van der Waals surface area contributed by atoms with Crippen molar-refractivity contribution in [3.05, 3.63) is 53.7 Å². The van der Waals surface area contributed by atoms with Crippen molar-refractivity contribution in [2.45, 2.75) is 6.18 Å². The van der Waals surface area contributed by atoms with Crippen LogP contribution in [0.4, 0.5) is 19.0 Å². The summed E-state index contributed by atoms with van der Waals surface area (Å²) in [6.07, 6.45) is 2.93. The van der Waals surface area contributed by atoms with Crippen LogP contribution in [0.3, 0.4) is 0 Å². The number of ether oxygens (including phenoxy) is 1. The van der Waals surface area contributed by atoms with Crippen LogP contribution in [0.2, 0.25) is 0 Å². The Kier molecular flexibility index (Phi) is 5.20. The number of hydrogen-bond donors (Lipinski definition) is 1. The Bertz CT molecular complexity index is 701. The number of halogens is 3. The van der Waals surface area contributed by atoms with E-state index >= 15 is 0 Å². The number of aromatic nitrogens is 1. The summed E-state index contributed by atoms with van der Waals surface area (Å²) in [7, 11) is 0. The topological polar surface area (TPSA) is 46.5 Å². The zero-order valence-corrected chi connectivity index (χ0v) is 11.8. The van der Waals surface area contributed by atoms with Gasteiger partial charge in [0.05, 0.1) is 11.8 Å². The number of nitrogens with one attached hydrogen (secondary N) is 1. The van der Waals surface area contributed by atoms with Crippen molar-refractivity contribution in [2.75, 3.05) is 12.0 Å². The molecule has 0 radical (unpaired) electrons. The maximum atomic E-state index is 12.4. The summed E-state index contributed by atoms with van der Waals surface area (Å²) < 4.78 is 42.4. The van der Waals surface area contributed by atoms with Crippen LogP contribution in [0.25, 0.3) is 0 Å². The predicted octanol–water partition coefficient (Wildman–Crippen LogP) is 3.56. The van der Waals surface area contributed by atoms with Crippen molar-refractivity contribution in [1.29, 1.82) is 0 Å². The number of benzene rings is 1. The fourth-order valence-corrected chi connectivity index (χ4v) is 1.58. The molecule has 23 heavy (non-hydrogen) atoms. The lowest BCUT2D eigenvalue weighted by Crippen LogP contribution is -2.05. The second-order valence-corrected chi connectivity index (χ2v) is 4.36. The van der Waals surface area contributed by atoms with Gasteiger partial charge in [-0.15, -0.1) is 6.42 Å². The van der Waals surface area contributed by atoms with Gasteiger partial charge in [-0.3, -0.25) is 5.43 Å². The molecule has 0 saturated heterocycles. The van der Waals surface area contributed by atoms with Gasteiger partial charge in [0.2, 0.25) is 0 Å². The van der Waals surface area contributed by atoms with E-state index in [4.69, 9.17) is 11.2 Å². The van der Waals surface area contributed by atoms with E-state index in [1.165, 1.54) is 12.3 Å². The molecule has 0 spiro atoms. The number of alkyl halides is 3. The molecular weight excluding hydrogens is 307 g/mol. The van der Waals surface area contributed by atoms with Gasteiger partial charge < -0.3 is 4.74 Å². The van der Waals surface area contributed by atoms with Crippen LogP contribution < -0.4 is 10.2 Å². The van der Waals surface area contributed by atoms with Gasteiger partial charge in [-0.25, -0.2) is 4.98 Å². The van der Waals surface area contributed by atoms with Crippen LogP contribution in [0.5, 0.6) is 5.75 Å². The molecule has 1 heterocycles. The molecule has 0 amide bonds. The van der Waals surface area contributed by atoms with Crippen molar-refractivity contribution in [3.8, 4) is 18.1 Å². The first-order valence-electron chi connectivity index (χ1n) is 6.47. The van der Waals surface area contributed by atoms with Crippen LogP contribution in [-0.2, 0) is 6.18 Å². The van der Waals surface area contributed by atoms with Crippen LogP contribution in [-0.4, -0.2) is 17.8 Å². The zero-order chi connectivity index (χ0) is 16.7. The van der Waals surface area contributed by atoms with Gasteiger partial charge in [-0.2, -0.15) is 18.3 Å². The lowest BCUT2D eigenvalue weighted by Gasteiger charge is -2.06. The first kappa shape index (κ1) is 16.4. The quantitative estimate of drug-likeness (QED) is 0.521. The molecule has 1 N–H and O–H groups in total. The third-order valence-corrected chi connectivity index (χ3v) is 2.69. The highest BCUT2D eigenvalue weighted by atomic mass is 19.4. The summed E-state index contributed by atoms with van der Waals surface area (Å²) in [6.45, 7) is 0.189.